The van der Waals surface area contributed by atoms with Gasteiger partial charge in [-0.2, -0.15) is 0 Å². The molecule has 1 unspecified atom stereocenters. The Bertz CT molecular complexity index is 310. The summed E-state index contributed by atoms with van der Waals surface area (Å²) in [7, 11) is 0. The third kappa shape index (κ3) is 6.45. The Balaban J connectivity index is 2.32. The smallest absolute Gasteiger partial charge is 0.119 e. The van der Waals surface area contributed by atoms with Crippen molar-refractivity contribution in [2.45, 2.75) is 38.6 Å². The van der Waals surface area contributed by atoms with Crippen molar-refractivity contribution in [2.75, 3.05) is 13.2 Å². The van der Waals surface area contributed by atoms with Gasteiger partial charge in [-0.1, -0.05) is 31.2 Å². The van der Waals surface area contributed by atoms with Crippen LogP contribution in [-0.4, -0.2) is 19.2 Å². The summed E-state index contributed by atoms with van der Waals surface area (Å²) in [6.07, 6.45) is 6.52. The number of hydrogen-bond acceptors (Lipinski definition) is 2. The zero-order valence-corrected chi connectivity index (χ0v) is 11.4. The van der Waals surface area contributed by atoms with E-state index >= 15 is 0 Å². The minimum Gasteiger partial charge on any atom is -0.492 e. The van der Waals surface area contributed by atoms with Crippen molar-refractivity contribution in [2.24, 2.45) is 0 Å². The summed E-state index contributed by atoms with van der Waals surface area (Å²) in [5.41, 5.74) is 0. The Morgan fingerprint density at radius 2 is 2.11 bits per heavy atom. The van der Waals surface area contributed by atoms with Crippen LogP contribution in [0.15, 0.2) is 43.0 Å². The zero-order chi connectivity index (χ0) is 13.1. The van der Waals surface area contributed by atoms with Gasteiger partial charge in [-0.15, -0.1) is 6.58 Å². The van der Waals surface area contributed by atoms with Crippen LogP contribution in [0.1, 0.15) is 32.6 Å². The molecular formula is C16H25NO. The lowest BCUT2D eigenvalue weighted by Crippen LogP contribution is -2.35. The highest BCUT2D eigenvalue weighted by molar-refractivity contribution is 5.20. The highest BCUT2D eigenvalue weighted by Crippen LogP contribution is 2.10. The van der Waals surface area contributed by atoms with Crippen LogP contribution in [0.3, 0.4) is 0 Å². The number of unbranched alkanes of at least 4 members (excludes halogenated alkanes) is 1. The molecule has 0 aliphatic heterocycles. The third-order valence-corrected chi connectivity index (χ3v) is 2.84. The average molecular weight is 247 g/mol. The molecule has 1 aromatic rings. The standard InChI is InChI=1S/C16H25NO/c1-3-5-7-10-15(17-13-4-2)14-18-16-11-8-6-9-12-16/h3,6,8-9,11-12,15,17H,1,4-5,7,10,13-14H2,2H3. The normalized spacial score (nSPS) is 12.1. The monoisotopic (exact) mass is 247 g/mol. The highest BCUT2D eigenvalue weighted by Gasteiger charge is 2.07. The summed E-state index contributed by atoms with van der Waals surface area (Å²) < 4.78 is 5.81. The van der Waals surface area contributed by atoms with Crippen molar-refractivity contribution >= 4 is 0 Å². The van der Waals surface area contributed by atoms with Gasteiger partial charge in [0.15, 0.2) is 0 Å². The molecule has 2 nitrogen and oxygen atoms in total. The molecule has 0 aromatic heterocycles. The molecule has 1 atom stereocenters. The van der Waals surface area contributed by atoms with Gasteiger partial charge < -0.3 is 10.1 Å². The van der Waals surface area contributed by atoms with Gasteiger partial charge in [-0.3, -0.25) is 0 Å². The molecule has 18 heavy (non-hydrogen) atoms. The molecule has 100 valence electrons. The number of rotatable bonds is 10. The second kappa shape index (κ2) is 9.72. The fourth-order valence-electron chi connectivity index (χ4n) is 1.81. The first-order valence-corrected chi connectivity index (χ1v) is 6.89. The Morgan fingerprint density at radius 1 is 1.33 bits per heavy atom. The second-order valence-electron chi connectivity index (χ2n) is 4.49. The lowest BCUT2D eigenvalue weighted by Gasteiger charge is -2.18. The Morgan fingerprint density at radius 3 is 2.78 bits per heavy atom. The zero-order valence-electron chi connectivity index (χ0n) is 11.4. The number of hydrogen-bond donors (Lipinski definition) is 1. The maximum atomic E-state index is 5.81. The van der Waals surface area contributed by atoms with E-state index in [0.29, 0.717) is 6.04 Å². The van der Waals surface area contributed by atoms with E-state index in [1.807, 2.05) is 36.4 Å². The number of benzene rings is 1. The van der Waals surface area contributed by atoms with Crippen LogP contribution in [0.2, 0.25) is 0 Å². The molecule has 1 N–H and O–H groups in total. The third-order valence-electron chi connectivity index (χ3n) is 2.84. The summed E-state index contributed by atoms with van der Waals surface area (Å²) in [5.74, 6) is 0.949. The molecule has 0 spiro atoms. The van der Waals surface area contributed by atoms with Crippen LogP contribution in [0.5, 0.6) is 5.75 Å². The van der Waals surface area contributed by atoms with Crippen LogP contribution in [0.4, 0.5) is 0 Å². The van der Waals surface area contributed by atoms with Crippen LogP contribution in [-0.2, 0) is 0 Å². The summed E-state index contributed by atoms with van der Waals surface area (Å²) in [6, 6.07) is 10.4. The van der Waals surface area contributed by atoms with E-state index < -0.39 is 0 Å². The van der Waals surface area contributed by atoms with Crippen LogP contribution < -0.4 is 10.1 Å². The predicted molar refractivity (Wildman–Crippen MR) is 78.1 cm³/mol. The molecule has 0 saturated heterocycles. The minimum absolute atomic E-state index is 0.435. The molecule has 0 aliphatic carbocycles. The minimum atomic E-state index is 0.435. The fraction of sp³-hybridized carbons (Fsp3) is 0.500. The van der Waals surface area contributed by atoms with Gasteiger partial charge >= 0.3 is 0 Å². The predicted octanol–water partition coefficient (Wildman–Crippen LogP) is 3.79. The van der Waals surface area contributed by atoms with Crippen molar-refractivity contribution in [3.05, 3.63) is 43.0 Å². The molecular weight excluding hydrogens is 222 g/mol. The largest absolute Gasteiger partial charge is 0.492 e. The van der Waals surface area contributed by atoms with Crippen molar-refractivity contribution in [3.63, 3.8) is 0 Å². The van der Waals surface area contributed by atoms with Gasteiger partial charge in [0, 0.05) is 6.04 Å². The van der Waals surface area contributed by atoms with E-state index in [4.69, 9.17) is 4.74 Å². The molecule has 0 saturated carbocycles. The second-order valence-corrected chi connectivity index (χ2v) is 4.49. The Hall–Kier alpha value is -1.28. The summed E-state index contributed by atoms with van der Waals surface area (Å²) in [6.45, 7) is 7.74. The molecule has 0 aliphatic rings. The van der Waals surface area contributed by atoms with E-state index in [0.717, 1.165) is 38.2 Å². The van der Waals surface area contributed by atoms with E-state index in [1.165, 1.54) is 6.42 Å². The van der Waals surface area contributed by atoms with E-state index in [2.05, 4.69) is 18.8 Å². The van der Waals surface area contributed by atoms with Gasteiger partial charge in [-0.05, 0) is 44.4 Å². The quantitative estimate of drug-likeness (QED) is 0.502. The average Bonchev–Trinajstić information content (AvgIpc) is 2.42. The van der Waals surface area contributed by atoms with E-state index in [9.17, 15) is 0 Å². The van der Waals surface area contributed by atoms with Gasteiger partial charge in [0.2, 0.25) is 0 Å². The Labute approximate surface area is 111 Å². The van der Waals surface area contributed by atoms with Gasteiger partial charge in [0.05, 0.1) is 0 Å². The fourth-order valence-corrected chi connectivity index (χ4v) is 1.81. The van der Waals surface area contributed by atoms with Crippen molar-refractivity contribution < 1.29 is 4.74 Å². The maximum Gasteiger partial charge on any atom is 0.119 e. The maximum absolute atomic E-state index is 5.81. The van der Waals surface area contributed by atoms with Crippen LogP contribution >= 0.6 is 0 Å². The van der Waals surface area contributed by atoms with Crippen LogP contribution in [0.25, 0.3) is 0 Å². The van der Waals surface area contributed by atoms with Gasteiger partial charge in [0.25, 0.3) is 0 Å². The molecule has 0 radical (unpaired) electrons. The number of para-hydroxylation sites is 1. The first kappa shape index (κ1) is 14.8. The summed E-state index contributed by atoms with van der Waals surface area (Å²) in [5, 5.41) is 3.54. The molecule has 2 heteroatoms. The van der Waals surface area contributed by atoms with Gasteiger partial charge in [-0.25, -0.2) is 0 Å². The summed E-state index contributed by atoms with van der Waals surface area (Å²) >= 11 is 0. The molecule has 0 bridgehead atoms. The number of ether oxygens (including phenoxy) is 1. The summed E-state index contributed by atoms with van der Waals surface area (Å²) in [4.78, 5) is 0. The first-order valence-electron chi connectivity index (χ1n) is 6.89. The number of nitrogens with one attached hydrogen (secondary N) is 1. The lowest BCUT2D eigenvalue weighted by molar-refractivity contribution is 0.255. The van der Waals surface area contributed by atoms with E-state index in [1.54, 1.807) is 0 Å². The van der Waals surface area contributed by atoms with Crippen molar-refractivity contribution in [1.82, 2.24) is 5.32 Å². The lowest BCUT2D eigenvalue weighted by atomic mass is 10.1. The SMILES string of the molecule is C=CCCCC(COc1ccccc1)NCCC. The topological polar surface area (TPSA) is 21.3 Å². The molecule has 1 rings (SSSR count). The number of allylic oxidation sites excluding steroid dienone is 1. The molecule has 0 fully saturated rings. The Kier molecular flexibility index (Phi) is 7.98. The van der Waals surface area contributed by atoms with E-state index in [-0.39, 0.29) is 0 Å². The first-order chi connectivity index (χ1) is 8.86. The molecule has 0 heterocycles. The van der Waals surface area contributed by atoms with Crippen LogP contribution in [0, 0.1) is 0 Å². The molecule has 1 aromatic carbocycles. The van der Waals surface area contributed by atoms with Gasteiger partial charge in [0.1, 0.15) is 12.4 Å². The van der Waals surface area contributed by atoms with Crippen molar-refractivity contribution in [3.8, 4) is 5.75 Å². The molecule has 0 amide bonds. The highest BCUT2D eigenvalue weighted by atomic mass is 16.5. The van der Waals surface area contributed by atoms with Crippen molar-refractivity contribution in [1.29, 1.82) is 0 Å².